The van der Waals surface area contributed by atoms with Gasteiger partial charge in [0.1, 0.15) is 94.9 Å². The number of likely N-dealkylation sites (tertiary alicyclic amines) is 1. The van der Waals surface area contributed by atoms with Crippen molar-refractivity contribution < 1.29 is 112 Å². The van der Waals surface area contributed by atoms with Gasteiger partial charge in [0, 0.05) is 71.7 Å². The highest BCUT2D eigenvalue weighted by atomic mass is 32.2. The lowest BCUT2D eigenvalue weighted by molar-refractivity contribution is -0.144. The first-order chi connectivity index (χ1) is 52.2. The number of hydrogen-bond acceptors (Lipinski definition) is 25. The summed E-state index contributed by atoms with van der Waals surface area (Å²) in [6.07, 6.45) is -4.61. The summed E-state index contributed by atoms with van der Waals surface area (Å²) in [6.45, 7) is 1.93. The van der Waals surface area contributed by atoms with E-state index < -0.39 is 192 Å². The number of nitrogens with zero attached hydrogens (tertiary/aromatic N) is 1. The van der Waals surface area contributed by atoms with E-state index in [1.807, 2.05) is 0 Å². The molecule has 3 aliphatic heterocycles. The molecule has 0 radical (unpaired) electrons. The van der Waals surface area contributed by atoms with Gasteiger partial charge in [-0.2, -0.15) is 37.0 Å². The van der Waals surface area contributed by atoms with Crippen LogP contribution in [0.15, 0.2) is 103 Å². The van der Waals surface area contributed by atoms with Crippen LogP contribution in [0.5, 0.6) is 34.5 Å². The highest BCUT2D eigenvalue weighted by molar-refractivity contribution is 7.98. The third kappa shape index (κ3) is 20.9. The van der Waals surface area contributed by atoms with E-state index in [0.29, 0.717) is 5.56 Å². The fourth-order valence-corrected chi connectivity index (χ4v) is 13.5. The van der Waals surface area contributed by atoms with E-state index in [2.05, 4.69) is 73.1 Å². The highest BCUT2D eigenvalue weighted by Gasteiger charge is 2.54. The number of thioether (sulfide) groups is 1. The molecule has 5 aromatic carbocycles. The Bertz CT molecular complexity index is 4290. The Morgan fingerprint density at radius 2 is 1.01 bits per heavy atom. The van der Waals surface area contributed by atoms with E-state index in [9.17, 15) is 103 Å². The molecular weight excluding hydrogens is 1500 g/mol. The predicted molar refractivity (Wildman–Crippen MR) is 397 cm³/mol. The molecule has 110 heavy (non-hydrogen) atoms. The van der Waals surface area contributed by atoms with E-state index in [-0.39, 0.29) is 112 Å². The Kier molecular flexibility index (Phi) is 28.8. The summed E-state index contributed by atoms with van der Waals surface area (Å²) in [7, 11) is 0. The van der Waals surface area contributed by atoms with E-state index >= 15 is 0 Å². The molecule has 1 saturated heterocycles. The molecule has 38 heteroatoms. The largest absolute Gasteiger partial charge is 0.508 e. The maximum atomic E-state index is 14.7. The molecule has 0 bridgehead atoms. The van der Waals surface area contributed by atoms with Crippen LogP contribution in [-0.4, -0.2) is 226 Å². The molecule has 20 N–H and O–H groups in total. The maximum Gasteiger partial charge on any atom is 0.340 e. The van der Waals surface area contributed by atoms with Gasteiger partial charge in [0.05, 0.1) is 24.2 Å². The molecular formula is C72H84N12O23S3. The Morgan fingerprint density at radius 1 is 0.545 bits per heavy atom. The molecule has 5 aromatic rings. The summed E-state index contributed by atoms with van der Waals surface area (Å²) in [6, 6.07) is 5.99. The lowest BCUT2D eigenvalue weighted by Gasteiger charge is -2.36. The van der Waals surface area contributed by atoms with Crippen molar-refractivity contribution in [3.05, 3.63) is 142 Å². The van der Waals surface area contributed by atoms with Crippen molar-refractivity contribution in [2.75, 3.05) is 30.1 Å². The topological polar surface area (TPSA) is 563 Å². The van der Waals surface area contributed by atoms with Crippen LogP contribution >= 0.6 is 37.0 Å². The van der Waals surface area contributed by atoms with Gasteiger partial charge in [-0.25, -0.2) is 9.59 Å². The van der Waals surface area contributed by atoms with Crippen LogP contribution in [0.4, 0.5) is 0 Å². The number of nitrogens with two attached hydrogens (primary N) is 2. The van der Waals surface area contributed by atoms with E-state index in [1.54, 1.807) is 6.26 Å². The van der Waals surface area contributed by atoms with Crippen molar-refractivity contribution in [1.29, 1.82) is 0 Å². The number of phenols is 4. The molecule has 12 atom stereocenters. The summed E-state index contributed by atoms with van der Waals surface area (Å²) in [5.74, 6) is -16.1. The molecule has 0 aliphatic carbocycles. The number of aliphatic hydroxyl groups is 2. The number of aliphatic hydroxyl groups excluding tert-OH is 2. The van der Waals surface area contributed by atoms with Crippen LogP contribution in [0, 0.1) is 0 Å². The van der Waals surface area contributed by atoms with Crippen molar-refractivity contribution in [2.24, 2.45) is 11.5 Å². The number of fused-ring (bicyclic) bond motifs is 6. The molecule has 3 heterocycles. The number of carbonyl (C=O) groups excluding carboxylic acids is 13. The smallest absolute Gasteiger partial charge is 0.340 e. The number of hydrogen-bond donors (Lipinski definition) is 20. The number of thiol groups is 2. The van der Waals surface area contributed by atoms with Gasteiger partial charge in [-0.15, -0.1) is 0 Å². The second kappa shape index (κ2) is 37.7. The third-order valence-corrected chi connectivity index (χ3v) is 19.6. The number of rotatable bonds is 36. The van der Waals surface area contributed by atoms with Gasteiger partial charge in [-0.05, 0) is 129 Å². The number of primary amides is 2. The van der Waals surface area contributed by atoms with Crippen LogP contribution < -0.4 is 64.1 Å². The number of carboxylic acids is 1. The van der Waals surface area contributed by atoms with Crippen molar-refractivity contribution in [3.8, 4) is 34.5 Å². The third-order valence-electron chi connectivity index (χ3n) is 18.2. The van der Waals surface area contributed by atoms with Crippen LogP contribution in [0.25, 0.3) is 0 Å². The quantitative estimate of drug-likeness (QED) is 0.0154. The van der Waals surface area contributed by atoms with E-state index in [4.69, 9.17) is 20.9 Å². The Balaban J connectivity index is 0.966. The molecule has 8 rings (SSSR count). The highest BCUT2D eigenvalue weighted by Crippen LogP contribution is 2.57. The molecule has 0 unspecified atom stereocenters. The lowest BCUT2D eigenvalue weighted by atomic mass is 9.77. The van der Waals surface area contributed by atoms with Crippen molar-refractivity contribution >= 4 is 120 Å². The molecule has 3 aliphatic rings. The second-order valence-corrected chi connectivity index (χ2v) is 27.9. The summed E-state index contributed by atoms with van der Waals surface area (Å²) < 4.78 is 12.2. The SMILES string of the molecule is CSCC[C@H](NC(=O)[C@H](CCC(N)=O)NC(=O)[C@H](Cc1ccc(O)cc1)NC(=O)[C@@H](NC(=O)[C@@H](NC(=O)[C@@H]1CCCN1C(=O)[C@H](CC(N)=O)NC(=O)[C@H](Cc1ccc(O)cc1)NC(=O)[C@H](CS)NC(=O)c1ccc2c(c1)C1(OC2=O)c2ccc(O)cc2Oc2cc(O)ccc21)[C@@H](C)O)[C@@H](C)O)C(=O)N[C@@H](CS)C(=O)O. The second-order valence-electron chi connectivity index (χ2n) is 26.2. The zero-order valence-electron chi connectivity index (χ0n) is 59.3. The maximum absolute atomic E-state index is 14.7. The van der Waals surface area contributed by atoms with E-state index in [0.717, 1.165) is 18.7 Å². The van der Waals surface area contributed by atoms with Gasteiger partial charge in [0.2, 0.25) is 65.0 Å². The first kappa shape index (κ1) is 84.3. The zero-order valence-corrected chi connectivity index (χ0v) is 61.9. The lowest BCUT2D eigenvalue weighted by Crippen LogP contribution is -2.63. The normalized spacial score (nSPS) is 16.7. The molecule has 0 aromatic heterocycles. The Morgan fingerprint density at radius 3 is 1.51 bits per heavy atom. The van der Waals surface area contributed by atoms with Gasteiger partial charge < -0.3 is 109 Å². The minimum atomic E-state index is -2.01. The fraction of sp³-hybridized carbons (Fsp3) is 0.389. The van der Waals surface area contributed by atoms with Crippen LogP contribution in [-0.2, 0) is 80.7 Å². The number of benzene rings is 5. The number of aliphatic carboxylic acids is 1. The molecule has 1 fully saturated rings. The summed E-state index contributed by atoms with van der Waals surface area (Å²) >= 11 is 9.58. The molecule has 588 valence electrons. The standard InChI is InChI=1S/C72H84N12O23S3/c1-33(85)58(67(100)78-49(26-36-8-13-39(88)14-9-36)63(96)75-46(20-21-56(73)91)61(94)76-47(22-24-110-3)62(95)81-52(32-109)70(103)104)83-68(101)59(34(2)86)82-66(99)53-5-4-23-84(53)69(102)50(30-57(74)92)79-64(97)48(25-35-6-11-38(87)12-7-35)77-65(98)51(31-108)80-60(93)37-10-17-42-45(27-37)72(107-71(42)105)43-18-15-40(89)28-54(43)106-55-29-41(90)16-19-44(55)72/h6-19,27-29,33-34,46-53,58-59,85-90,108-109H,4-5,20-26,30-32H2,1-3H3,(H2,73,91)(H2,74,92)(H,75,96)(H,76,94)(H,77,98)(H,78,100)(H,79,97)(H,80,93)(H,81,95)(H,82,99)(H,83,101)(H,103,104)/t33-,34-,46+,47+,48+,49+,50+,51+,52+,53+,58+,59+/m1/s1. The summed E-state index contributed by atoms with van der Waals surface area (Å²) in [5, 5.41) is 94.5. The first-order valence-electron chi connectivity index (χ1n) is 34.4. The number of carboxylic acid groups (broad SMARTS) is 1. The number of nitrogens with one attached hydrogen (secondary N) is 9. The van der Waals surface area contributed by atoms with Crippen molar-refractivity contribution in [1.82, 2.24) is 52.8 Å². The number of esters is 1. The van der Waals surface area contributed by atoms with Gasteiger partial charge in [-0.3, -0.25) is 57.5 Å². The van der Waals surface area contributed by atoms with Gasteiger partial charge in [0.25, 0.3) is 5.91 Å². The van der Waals surface area contributed by atoms with Crippen LogP contribution in [0.2, 0.25) is 0 Å². The number of ether oxygens (including phenoxy) is 2. The monoisotopic (exact) mass is 1580 g/mol. The van der Waals surface area contributed by atoms with Crippen molar-refractivity contribution in [2.45, 2.75) is 143 Å². The van der Waals surface area contributed by atoms with Gasteiger partial charge >= 0.3 is 11.9 Å². The Labute approximate surface area is 643 Å². The van der Waals surface area contributed by atoms with Gasteiger partial charge in [0.15, 0.2) is 5.60 Å². The average molecular weight is 1580 g/mol. The Hall–Kier alpha value is -11.4. The molecule has 35 nitrogen and oxygen atoms in total. The minimum Gasteiger partial charge on any atom is -0.508 e. The fourth-order valence-electron chi connectivity index (χ4n) is 12.5. The molecule has 0 saturated carbocycles. The predicted octanol–water partition coefficient (Wildman–Crippen LogP) is -1.87. The van der Waals surface area contributed by atoms with E-state index in [1.165, 1.54) is 115 Å². The summed E-state index contributed by atoms with van der Waals surface area (Å²) in [5.41, 5.74) is 10.5. The number of amides is 12. The number of aromatic hydroxyl groups is 4. The molecule has 12 amide bonds. The number of carbonyl (C=O) groups is 14. The van der Waals surface area contributed by atoms with Crippen LogP contribution in [0.1, 0.15) is 101 Å². The van der Waals surface area contributed by atoms with Gasteiger partial charge in [-0.1, -0.05) is 24.3 Å². The molecule has 1 spiro atoms. The van der Waals surface area contributed by atoms with Crippen molar-refractivity contribution in [3.63, 3.8) is 0 Å². The minimum absolute atomic E-state index is 0.0368. The first-order valence-corrected chi connectivity index (χ1v) is 37.0. The number of phenolic OH excluding ortho intramolecular Hbond substituents is 4. The van der Waals surface area contributed by atoms with Crippen LogP contribution in [0.3, 0.4) is 0 Å². The zero-order chi connectivity index (χ0) is 80.6. The average Bonchev–Trinajstić information content (AvgIpc) is 1.49. The summed E-state index contributed by atoms with van der Waals surface area (Å²) in [4.78, 5) is 194.